The summed E-state index contributed by atoms with van der Waals surface area (Å²) in [5.41, 5.74) is 2.19. The summed E-state index contributed by atoms with van der Waals surface area (Å²) >= 11 is 0. The van der Waals surface area contributed by atoms with Gasteiger partial charge in [0.2, 0.25) is 0 Å². The first-order chi connectivity index (χ1) is 8.65. The molecule has 0 aromatic heterocycles. The van der Waals surface area contributed by atoms with Crippen molar-refractivity contribution >= 4 is 12.1 Å². The van der Waals surface area contributed by atoms with Gasteiger partial charge >= 0.3 is 0 Å². The third-order valence-electron chi connectivity index (χ3n) is 2.00. The molecule has 1 aromatic rings. The molecule has 0 heterocycles. The van der Waals surface area contributed by atoms with Gasteiger partial charge in [-0.05, 0) is 6.92 Å². The van der Waals surface area contributed by atoms with Crippen molar-refractivity contribution in [3.63, 3.8) is 0 Å². The summed E-state index contributed by atoms with van der Waals surface area (Å²) in [6.07, 6.45) is 2.75. The van der Waals surface area contributed by atoms with Crippen molar-refractivity contribution in [1.82, 2.24) is 0 Å². The minimum Gasteiger partial charge on any atom is -0.464 e. The Labute approximate surface area is 108 Å². The number of ether oxygens (including phenoxy) is 1. The summed E-state index contributed by atoms with van der Waals surface area (Å²) in [6.45, 7) is 12.8. The average molecular weight is 240 g/mol. The van der Waals surface area contributed by atoms with Gasteiger partial charge in [0.1, 0.15) is 17.8 Å². The molecule has 0 spiro atoms. The fraction of sp³-hybridized carbons (Fsp3) is 0.0667. The number of allylic oxidation sites excluding steroid dienone is 2. The van der Waals surface area contributed by atoms with Crippen LogP contribution >= 0.6 is 0 Å². The lowest BCUT2D eigenvalue weighted by Crippen LogP contribution is -2.05. The summed E-state index contributed by atoms with van der Waals surface area (Å²) in [4.78, 5) is 8.25. The van der Waals surface area contributed by atoms with Gasteiger partial charge in [0.05, 0.1) is 6.26 Å². The number of hydrogen-bond acceptors (Lipinski definition) is 2. The van der Waals surface area contributed by atoms with Gasteiger partial charge in [-0.2, -0.15) is 0 Å². The highest BCUT2D eigenvalue weighted by atomic mass is 16.5. The van der Waals surface area contributed by atoms with Gasteiger partial charge in [-0.25, -0.2) is 9.98 Å². The zero-order valence-corrected chi connectivity index (χ0v) is 10.5. The molecule has 0 aliphatic heterocycles. The lowest BCUT2D eigenvalue weighted by atomic mass is 10.1. The number of hydrogen-bond donors (Lipinski definition) is 0. The van der Waals surface area contributed by atoms with Crippen molar-refractivity contribution in [3.8, 4) is 0 Å². The summed E-state index contributed by atoms with van der Waals surface area (Å²) in [5, 5.41) is 0. The molecular formula is C15H16N2O. The topological polar surface area (TPSA) is 34.0 Å². The van der Waals surface area contributed by atoms with Crippen LogP contribution in [0.15, 0.2) is 77.8 Å². The Bertz CT molecular complexity index is 498. The Balaban J connectivity index is 3.06. The van der Waals surface area contributed by atoms with E-state index in [2.05, 4.69) is 29.7 Å². The minimum atomic E-state index is 0.421. The lowest BCUT2D eigenvalue weighted by molar-refractivity contribution is 0.381. The minimum absolute atomic E-state index is 0.421. The number of rotatable bonds is 6. The molecule has 0 amide bonds. The van der Waals surface area contributed by atoms with Crippen molar-refractivity contribution in [1.29, 1.82) is 0 Å². The van der Waals surface area contributed by atoms with E-state index in [-0.39, 0.29) is 0 Å². The van der Waals surface area contributed by atoms with E-state index in [9.17, 15) is 0 Å². The molecule has 0 atom stereocenters. The molecule has 0 saturated heterocycles. The van der Waals surface area contributed by atoms with Gasteiger partial charge in [-0.3, -0.25) is 0 Å². The Morgan fingerprint density at radius 2 is 1.89 bits per heavy atom. The van der Waals surface area contributed by atoms with Gasteiger partial charge in [-0.1, -0.05) is 50.1 Å². The molecule has 0 bridgehead atoms. The lowest BCUT2D eigenvalue weighted by Gasteiger charge is -2.07. The smallest absolute Gasteiger partial charge is 0.145 e. The van der Waals surface area contributed by atoms with E-state index in [4.69, 9.17) is 4.74 Å². The van der Waals surface area contributed by atoms with E-state index in [0.717, 1.165) is 5.56 Å². The first kappa shape index (κ1) is 13.6. The first-order valence-corrected chi connectivity index (χ1v) is 5.43. The Kier molecular flexibility index (Phi) is 5.32. The van der Waals surface area contributed by atoms with Crippen molar-refractivity contribution in [3.05, 3.63) is 73.4 Å². The van der Waals surface area contributed by atoms with Gasteiger partial charge in [-0.15, -0.1) is 0 Å². The summed E-state index contributed by atoms with van der Waals surface area (Å²) in [6, 6.07) is 9.61. The van der Waals surface area contributed by atoms with E-state index >= 15 is 0 Å². The van der Waals surface area contributed by atoms with E-state index < -0.39 is 0 Å². The van der Waals surface area contributed by atoms with Crippen LogP contribution in [0.25, 0.3) is 0 Å². The SMILES string of the molecule is C=COC(=C)/C(=N\C=N/C(=C)C)c1ccccc1. The van der Waals surface area contributed by atoms with Crippen LogP contribution in [0, 0.1) is 0 Å². The molecule has 18 heavy (non-hydrogen) atoms. The van der Waals surface area contributed by atoms with E-state index in [1.165, 1.54) is 12.6 Å². The molecular weight excluding hydrogens is 224 g/mol. The van der Waals surface area contributed by atoms with E-state index in [1.807, 2.05) is 30.3 Å². The molecule has 0 saturated carbocycles. The van der Waals surface area contributed by atoms with Crippen LogP contribution in [0.3, 0.4) is 0 Å². The van der Waals surface area contributed by atoms with Crippen molar-refractivity contribution in [2.45, 2.75) is 6.92 Å². The zero-order valence-electron chi connectivity index (χ0n) is 10.5. The van der Waals surface area contributed by atoms with Crippen LogP contribution < -0.4 is 0 Å². The molecule has 1 rings (SSSR count). The quantitative estimate of drug-likeness (QED) is 0.424. The number of nitrogens with zero attached hydrogens (tertiary/aromatic N) is 2. The predicted octanol–water partition coefficient (Wildman–Crippen LogP) is 3.71. The molecule has 0 aliphatic rings. The second-order valence-corrected chi connectivity index (χ2v) is 3.53. The molecule has 0 unspecified atom stereocenters. The average Bonchev–Trinajstić information content (AvgIpc) is 2.35. The fourth-order valence-corrected chi connectivity index (χ4v) is 1.25. The van der Waals surface area contributed by atoms with Crippen LogP contribution in [0.4, 0.5) is 0 Å². The van der Waals surface area contributed by atoms with Gasteiger partial charge < -0.3 is 4.74 Å². The molecule has 92 valence electrons. The Morgan fingerprint density at radius 1 is 1.22 bits per heavy atom. The van der Waals surface area contributed by atoms with Crippen LogP contribution in [-0.4, -0.2) is 12.1 Å². The molecule has 3 heteroatoms. The van der Waals surface area contributed by atoms with Crippen molar-refractivity contribution < 1.29 is 4.74 Å². The highest BCUT2D eigenvalue weighted by Crippen LogP contribution is 2.09. The third-order valence-corrected chi connectivity index (χ3v) is 2.00. The summed E-state index contributed by atoms with van der Waals surface area (Å²) in [5.74, 6) is 0.421. The maximum atomic E-state index is 5.17. The second kappa shape index (κ2) is 7.01. The zero-order chi connectivity index (χ0) is 13.4. The van der Waals surface area contributed by atoms with Crippen molar-refractivity contribution in [2.24, 2.45) is 9.98 Å². The Hall–Kier alpha value is -2.42. The fourth-order valence-electron chi connectivity index (χ4n) is 1.25. The molecule has 0 N–H and O–H groups in total. The molecule has 0 radical (unpaired) electrons. The monoisotopic (exact) mass is 240 g/mol. The summed E-state index contributed by atoms with van der Waals surface area (Å²) in [7, 11) is 0. The number of aliphatic imine (C=N–C) groups is 2. The summed E-state index contributed by atoms with van der Waals surface area (Å²) < 4.78 is 5.17. The second-order valence-electron chi connectivity index (χ2n) is 3.53. The molecule has 1 aromatic carbocycles. The van der Waals surface area contributed by atoms with Gasteiger partial charge in [0.15, 0.2) is 0 Å². The maximum absolute atomic E-state index is 5.17. The standard InChI is InChI=1S/C15H16N2O/c1-5-18-13(4)15(17-11-16-12(2)3)14-9-7-6-8-10-14/h5-11H,1-2,4H2,3H3/b16-11-,17-15+. The third kappa shape index (κ3) is 4.22. The molecule has 0 fully saturated rings. The normalized spacial score (nSPS) is 11.3. The largest absolute Gasteiger partial charge is 0.464 e. The van der Waals surface area contributed by atoms with Gasteiger partial charge in [0.25, 0.3) is 0 Å². The number of benzene rings is 1. The Morgan fingerprint density at radius 3 is 2.44 bits per heavy atom. The van der Waals surface area contributed by atoms with Crippen molar-refractivity contribution in [2.75, 3.05) is 0 Å². The van der Waals surface area contributed by atoms with E-state index in [1.54, 1.807) is 6.92 Å². The molecule has 0 aliphatic carbocycles. The van der Waals surface area contributed by atoms with Gasteiger partial charge in [0, 0.05) is 11.3 Å². The van der Waals surface area contributed by atoms with Crippen LogP contribution in [-0.2, 0) is 4.74 Å². The van der Waals surface area contributed by atoms with Crippen LogP contribution in [0.5, 0.6) is 0 Å². The highest BCUT2D eigenvalue weighted by Gasteiger charge is 2.07. The molecule has 3 nitrogen and oxygen atoms in total. The van der Waals surface area contributed by atoms with Crippen LogP contribution in [0.1, 0.15) is 12.5 Å². The highest BCUT2D eigenvalue weighted by molar-refractivity contribution is 6.13. The predicted molar refractivity (Wildman–Crippen MR) is 76.7 cm³/mol. The maximum Gasteiger partial charge on any atom is 0.145 e. The van der Waals surface area contributed by atoms with E-state index in [0.29, 0.717) is 17.2 Å². The van der Waals surface area contributed by atoms with Crippen LogP contribution in [0.2, 0.25) is 0 Å². The first-order valence-electron chi connectivity index (χ1n) is 5.43.